The van der Waals surface area contributed by atoms with Crippen molar-refractivity contribution in [1.29, 1.82) is 0 Å². The quantitative estimate of drug-likeness (QED) is 0.796. The molecule has 0 radical (unpaired) electrons. The minimum Gasteiger partial charge on any atom is -0.313 e. The first-order chi connectivity index (χ1) is 6.56. The number of hydrogen-bond donors (Lipinski definition) is 1. The average molecular weight is 203 g/mol. The molecule has 0 fully saturated rings. The molecule has 14 heavy (non-hydrogen) atoms. The number of nitrogens with one attached hydrogen (secondary N) is 1. The lowest BCUT2D eigenvalue weighted by molar-refractivity contribution is 0.146. The van der Waals surface area contributed by atoms with Crippen LogP contribution in [0.5, 0.6) is 0 Å². The van der Waals surface area contributed by atoms with Gasteiger partial charge in [0.15, 0.2) is 0 Å². The smallest absolute Gasteiger partial charge is 0.266 e. The van der Waals surface area contributed by atoms with E-state index in [4.69, 9.17) is 0 Å². The van der Waals surface area contributed by atoms with Gasteiger partial charge in [-0.05, 0) is 25.6 Å². The van der Waals surface area contributed by atoms with Gasteiger partial charge in [0, 0.05) is 6.04 Å². The Kier molecular flexibility index (Phi) is 3.52. The number of benzene rings is 1. The van der Waals surface area contributed by atoms with Gasteiger partial charge < -0.3 is 5.32 Å². The van der Waals surface area contributed by atoms with E-state index in [1.54, 1.807) is 7.05 Å². The Labute approximate surface area is 80.9 Å². The van der Waals surface area contributed by atoms with Gasteiger partial charge in [-0.25, -0.2) is 13.2 Å². The maximum absolute atomic E-state index is 13.1. The first-order valence-electron chi connectivity index (χ1n) is 4.31. The Hall–Kier alpha value is -1.03. The molecule has 1 aromatic carbocycles. The van der Waals surface area contributed by atoms with Gasteiger partial charge in [0.1, 0.15) is 5.82 Å². The number of alkyl halides is 2. The molecule has 0 aliphatic carbocycles. The summed E-state index contributed by atoms with van der Waals surface area (Å²) in [5.41, 5.74) is 0.117. The lowest BCUT2D eigenvalue weighted by Crippen LogP contribution is -2.12. The van der Waals surface area contributed by atoms with Gasteiger partial charge in [-0.2, -0.15) is 0 Å². The van der Waals surface area contributed by atoms with Gasteiger partial charge in [-0.3, -0.25) is 0 Å². The molecular formula is C10H12F3N. The molecule has 0 amide bonds. The fraction of sp³-hybridized carbons (Fsp3) is 0.400. The highest BCUT2D eigenvalue weighted by atomic mass is 19.3. The zero-order chi connectivity index (χ0) is 10.7. The first-order valence-corrected chi connectivity index (χ1v) is 4.31. The third kappa shape index (κ3) is 2.26. The number of halogens is 3. The zero-order valence-corrected chi connectivity index (χ0v) is 8.02. The van der Waals surface area contributed by atoms with Gasteiger partial charge >= 0.3 is 0 Å². The van der Waals surface area contributed by atoms with E-state index in [1.807, 2.05) is 6.92 Å². The van der Waals surface area contributed by atoms with Crippen LogP contribution in [0, 0.1) is 5.82 Å². The summed E-state index contributed by atoms with van der Waals surface area (Å²) in [7, 11) is 1.73. The highest BCUT2D eigenvalue weighted by Crippen LogP contribution is 2.24. The molecule has 1 nitrogen and oxygen atoms in total. The minimum absolute atomic E-state index is 0.0452. The zero-order valence-electron chi connectivity index (χ0n) is 8.02. The molecule has 0 aliphatic rings. The summed E-state index contributed by atoms with van der Waals surface area (Å²) in [4.78, 5) is 0. The molecule has 1 atom stereocenters. The summed E-state index contributed by atoms with van der Waals surface area (Å²) < 4.78 is 37.5. The van der Waals surface area contributed by atoms with Crippen molar-refractivity contribution in [2.45, 2.75) is 19.4 Å². The molecular weight excluding hydrogens is 191 g/mol. The highest BCUT2D eigenvalue weighted by molar-refractivity contribution is 5.27. The Morgan fingerprint density at radius 1 is 1.29 bits per heavy atom. The molecule has 0 spiro atoms. The van der Waals surface area contributed by atoms with Crippen LogP contribution in [0.15, 0.2) is 18.2 Å². The number of rotatable bonds is 3. The van der Waals surface area contributed by atoms with E-state index in [0.29, 0.717) is 5.56 Å². The predicted octanol–water partition coefficient (Wildman–Crippen LogP) is 3.04. The van der Waals surface area contributed by atoms with Gasteiger partial charge in [0.2, 0.25) is 0 Å². The third-order valence-electron chi connectivity index (χ3n) is 2.19. The fourth-order valence-electron chi connectivity index (χ4n) is 1.16. The van der Waals surface area contributed by atoms with Crippen LogP contribution in [-0.2, 0) is 0 Å². The molecule has 0 heterocycles. The topological polar surface area (TPSA) is 12.0 Å². The summed E-state index contributed by atoms with van der Waals surface area (Å²) in [6.45, 7) is 1.83. The second kappa shape index (κ2) is 4.46. The Morgan fingerprint density at radius 2 is 1.93 bits per heavy atom. The van der Waals surface area contributed by atoms with E-state index in [2.05, 4.69) is 5.32 Å². The van der Waals surface area contributed by atoms with Gasteiger partial charge in [0.25, 0.3) is 6.43 Å². The van der Waals surface area contributed by atoms with Crippen LogP contribution < -0.4 is 5.32 Å². The lowest BCUT2D eigenvalue weighted by Gasteiger charge is -2.11. The molecule has 0 aromatic heterocycles. The summed E-state index contributed by atoms with van der Waals surface area (Å²) in [6, 6.07) is 3.73. The molecule has 0 saturated heterocycles. The van der Waals surface area contributed by atoms with Crippen molar-refractivity contribution < 1.29 is 13.2 Å². The lowest BCUT2D eigenvalue weighted by atomic mass is 10.1. The first kappa shape index (κ1) is 11.0. The van der Waals surface area contributed by atoms with Crippen LogP contribution in [0.1, 0.15) is 30.5 Å². The summed E-state index contributed by atoms with van der Waals surface area (Å²) in [5.74, 6) is -0.848. The monoisotopic (exact) mass is 203 g/mol. The van der Waals surface area contributed by atoms with Crippen LogP contribution >= 0.6 is 0 Å². The van der Waals surface area contributed by atoms with Gasteiger partial charge in [-0.1, -0.05) is 12.1 Å². The van der Waals surface area contributed by atoms with Crippen LogP contribution in [-0.4, -0.2) is 7.05 Å². The van der Waals surface area contributed by atoms with Crippen molar-refractivity contribution in [2.75, 3.05) is 7.05 Å². The average Bonchev–Trinajstić information content (AvgIpc) is 2.15. The van der Waals surface area contributed by atoms with Crippen molar-refractivity contribution in [2.24, 2.45) is 0 Å². The highest BCUT2D eigenvalue weighted by Gasteiger charge is 2.14. The normalized spacial score (nSPS) is 13.3. The summed E-state index contributed by atoms with van der Waals surface area (Å²) in [6.07, 6.45) is -2.76. The maximum Gasteiger partial charge on any atom is 0.266 e. The Morgan fingerprint density at radius 3 is 2.36 bits per heavy atom. The van der Waals surface area contributed by atoms with Crippen LogP contribution in [0.4, 0.5) is 13.2 Å². The van der Waals surface area contributed by atoms with Crippen LogP contribution in [0.25, 0.3) is 0 Å². The molecule has 1 rings (SSSR count). The van der Waals surface area contributed by atoms with Crippen LogP contribution in [0.2, 0.25) is 0 Å². The molecule has 1 aromatic rings. The maximum atomic E-state index is 13.1. The second-order valence-electron chi connectivity index (χ2n) is 3.09. The van der Waals surface area contributed by atoms with E-state index in [0.717, 1.165) is 12.1 Å². The SMILES string of the molecule is CNC(C)c1ccc(C(F)F)c(F)c1. The minimum atomic E-state index is -2.76. The van der Waals surface area contributed by atoms with E-state index in [9.17, 15) is 13.2 Å². The molecule has 0 saturated carbocycles. The summed E-state index contributed by atoms with van der Waals surface area (Å²) in [5, 5.41) is 2.90. The fourth-order valence-corrected chi connectivity index (χ4v) is 1.16. The van der Waals surface area contributed by atoms with E-state index in [-0.39, 0.29) is 6.04 Å². The molecule has 4 heteroatoms. The van der Waals surface area contributed by atoms with Gasteiger partial charge in [0.05, 0.1) is 5.56 Å². The molecule has 78 valence electrons. The van der Waals surface area contributed by atoms with Crippen LogP contribution in [0.3, 0.4) is 0 Å². The standard InChI is InChI=1S/C10H12F3N/c1-6(14-2)7-3-4-8(10(12)13)9(11)5-7/h3-6,10,14H,1-2H3. The third-order valence-corrected chi connectivity index (χ3v) is 2.19. The molecule has 1 N–H and O–H groups in total. The van der Waals surface area contributed by atoms with Gasteiger partial charge in [-0.15, -0.1) is 0 Å². The Balaban J connectivity index is 3.00. The van der Waals surface area contributed by atoms with E-state index < -0.39 is 17.8 Å². The van der Waals surface area contributed by atoms with Crippen molar-refractivity contribution in [3.05, 3.63) is 35.1 Å². The Bertz CT molecular complexity index is 312. The van der Waals surface area contributed by atoms with Crippen molar-refractivity contribution in [3.63, 3.8) is 0 Å². The van der Waals surface area contributed by atoms with Crippen molar-refractivity contribution in [3.8, 4) is 0 Å². The molecule has 0 bridgehead atoms. The van der Waals surface area contributed by atoms with Crippen molar-refractivity contribution >= 4 is 0 Å². The largest absolute Gasteiger partial charge is 0.313 e. The second-order valence-corrected chi connectivity index (χ2v) is 3.09. The van der Waals surface area contributed by atoms with E-state index >= 15 is 0 Å². The molecule has 1 unspecified atom stereocenters. The summed E-state index contributed by atoms with van der Waals surface area (Å²) >= 11 is 0. The predicted molar refractivity (Wildman–Crippen MR) is 48.8 cm³/mol. The van der Waals surface area contributed by atoms with Crippen molar-refractivity contribution in [1.82, 2.24) is 5.32 Å². The van der Waals surface area contributed by atoms with E-state index in [1.165, 1.54) is 6.07 Å². The molecule has 0 aliphatic heterocycles. The number of hydrogen-bond acceptors (Lipinski definition) is 1.